The molecular weight excluding hydrogens is 426 g/mol. The van der Waals surface area contributed by atoms with Crippen molar-refractivity contribution >= 4 is 23.0 Å². The second-order valence-corrected chi connectivity index (χ2v) is 9.42. The summed E-state index contributed by atoms with van der Waals surface area (Å²) in [6.07, 6.45) is 1.59. The molecule has 1 aliphatic heterocycles. The van der Waals surface area contributed by atoms with Gasteiger partial charge < -0.3 is 19.6 Å². The molecule has 8 heteroatoms. The van der Waals surface area contributed by atoms with Crippen molar-refractivity contribution in [2.45, 2.75) is 39.7 Å². The summed E-state index contributed by atoms with van der Waals surface area (Å²) >= 11 is 1.28. The maximum Gasteiger partial charge on any atom is 0.290 e. The zero-order chi connectivity index (χ0) is 23.4. The van der Waals surface area contributed by atoms with Crippen LogP contribution in [0.5, 0.6) is 5.75 Å². The molecule has 1 aromatic carbocycles. The summed E-state index contributed by atoms with van der Waals surface area (Å²) in [7, 11) is 3.94. The van der Waals surface area contributed by atoms with Crippen molar-refractivity contribution in [3.63, 3.8) is 0 Å². The zero-order valence-corrected chi connectivity index (χ0v) is 20.2. The van der Waals surface area contributed by atoms with E-state index in [-0.39, 0.29) is 11.4 Å². The second kappa shape index (κ2) is 10.3. The second-order valence-electron chi connectivity index (χ2n) is 8.22. The lowest BCUT2D eigenvalue weighted by atomic mass is 9.95. The van der Waals surface area contributed by atoms with E-state index >= 15 is 0 Å². The first-order chi connectivity index (χ1) is 15.2. The van der Waals surface area contributed by atoms with Crippen molar-refractivity contribution in [2.24, 2.45) is 0 Å². The molecule has 1 N–H and O–H groups in total. The van der Waals surface area contributed by atoms with Gasteiger partial charge in [0.05, 0.1) is 33.8 Å². The minimum Gasteiger partial charge on any atom is -0.503 e. The monoisotopic (exact) mass is 457 g/mol. The number of aliphatic hydroxyl groups is 1. The van der Waals surface area contributed by atoms with Gasteiger partial charge in [-0.05, 0) is 65.0 Å². The zero-order valence-electron chi connectivity index (χ0n) is 19.3. The molecule has 2 aromatic rings. The van der Waals surface area contributed by atoms with Crippen LogP contribution in [0.15, 0.2) is 35.6 Å². The van der Waals surface area contributed by atoms with Gasteiger partial charge in [-0.3, -0.25) is 9.59 Å². The number of amides is 1. The smallest absolute Gasteiger partial charge is 0.290 e. The van der Waals surface area contributed by atoms with Gasteiger partial charge in [0.15, 0.2) is 5.76 Å². The number of nitrogens with zero attached hydrogens (tertiary/aromatic N) is 3. The Bertz CT molecular complexity index is 1030. The molecule has 0 saturated carbocycles. The highest BCUT2D eigenvalue weighted by Gasteiger charge is 2.44. The maximum absolute atomic E-state index is 13.5. The lowest BCUT2D eigenvalue weighted by molar-refractivity contribution is -0.129. The summed E-state index contributed by atoms with van der Waals surface area (Å²) in [6, 6.07) is 6.75. The predicted molar refractivity (Wildman–Crippen MR) is 125 cm³/mol. The van der Waals surface area contributed by atoms with Gasteiger partial charge in [-0.15, -0.1) is 11.3 Å². The van der Waals surface area contributed by atoms with Gasteiger partial charge in [0.2, 0.25) is 5.78 Å². The largest absolute Gasteiger partial charge is 0.503 e. The lowest BCUT2D eigenvalue weighted by Gasteiger charge is -2.27. The Kier molecular flexibility index (Phi) is 7.69. The molecule has 172 valence electrons. The molecule has 7 nitrogen and oxygen atoms in total. The van der Waals surface area contributed by atoms with E-state index in [2.05, 4.69) is 4.98 Å². The first-order valence-electron chi connectivity index (χ1n) is 10.8. The van der Waals surface area contributed by atoms with Crippen LogP contribution >= 0.6 is 11.3 Å². The molecule has 0 spiro atoms. The van der Waals surface area contributed by atoms with E-state index in [1.54, 1.807) is 11.8 Å². The SMILES string of the molecule is CCCOc1cccc(C2C(C(=O)c3sc(C)nc3C)=C(O)C(=O)N2CCCN(C)C)c1. The van der Waals surface area contributed by atoms with E-state index in [1.807, 2.05) is 57.1 Å². The number of thiazole rings is 1. The molecule has 0 radical (unpaired) electrons. The molecule has 3 rings (SSSR count). The van der Waals surface area contributed by atoms with Crippen molar-refractivity contribution in [2.75, 3.05) is 33.8 Å². The number of aromatic nitrogens is 1. The number of carbonyl (C=O) groups excluding carboxylic acids is 2. The van der Waals surface area contributed by atoms with E-state index in [0.717, 1.165) is 23.5 Å². The summed E-state index contributed by atoms with van der Waals surface area (Å²) in [5.41, 5.74) is 1.46. The minimum atomic E-state index is -0.677. The number of rotatable bonds is 10. The molecule has 1 atom stereocenters. The highest BCUT2D eigenvalue weighted by Crippen LogP contribution is 2.41. The number of Topliss-reactive ketones (excluding diaryl/α,β-unsaturated/α-hetero) is 1. The number of aryl methyl sites for hydroxylation is 2. The highest BCUT2D eigenvalue weighted by molar-refractivity contribution is 7.14. The van der Waals surface area contributed by atoms with Gasteiger partial charge >= 0.3 is 0 Å². The molecule has 0 fully saturated rings. The van der Waals surface area contributed by atoms with Gasteiger partial charge in [-0.25, -0.2) is 4.98 Å². The minimum absolute atomic E-state index is 0.110. The third-order valence-corrected chi connectivity index (χ3v) is 6.38. The van der Waals surface area contributed by atoms with E-state index < -0.39 is 17.7 Å². The van der Waals surface area contributed by atoms with Crippen LogP contribution in [-0.4, -0.2) is 65.4 Å². The summed E-state index contributed by atoms with van der Waals surface area (Å²) in [5, 5.41) is 11.6. The molecule has 1 aromatic heterocycles. The molecule has 1 amide bonds. The Morgan fingerprint density at radius 1 is 1.31 bits per heavy atom. The van der Waals surface area contributed by atoms with Crippen molar-refractivity contribution < 1.29 is 19.4 Å². The van der Waals surface area contributed by atoms with Crippen molar-refractivity contribution in [3.8, 4) is 5.75 Å². The number of ketones is 1. The van der Waals surface area contributed by atoms with Crippen LogP contribution < -0.4 is 4.74 Å². The maximum atomic E-state index is 13.5. The molecule has 32 heavy (non-hydrogen) atoms. The first-order valence-corrected chi connectivity index (χ1v) is 11.7. The summed E-state index contributed by atoms with van der Waals surface area (Å²) in [6.45, 7) is 7.42. The van der Waals surface area contributed by atoms with Crippen LogP contribution in [0.4, 0.5) is 0 Å². The predicted octanol–water partition coefficient (Wildman–Crippen LogP) is 4.08. The third kappa shape index (κ3) is 5.02. The van der Waals surface area contributed by atoms with E-state index in [0.29, 0.717) is 35.9 Å². The van der Waals surface area contributed by atoms with Gasteiger partial charge in [0, 0.05) is 6.54 Å². The molecule has 0 saturated heterocycles. The van der Waals surface area contributed by atoms with Crippen LogP contribution in [0.1, 0.15) is 51.7 Å². The fourth-order valence-corrected chi connectivity index (χ4v) is 4.75. The number of aliphatic hydroxyl groups excluding tert-OH is 1. The molecule has 1 unspecified atom stereocenters. The summed E-state index contributed by atoms with van der Waals surface area (Å²) in [4.78, 5) is 35.0. The number of hydrogen-bond donors (Lipinski definition) is 1. The molecule has 1 aliphatic rings. The van der Waals surface area contributed by atoms with Crippen LogP contribution in [0.2, 0.25) is 0 Å². The normalized spacial score (nSPS) is 16.4. The average Bonchev–Trinajstić information content (AvgIpc) is 3.22. The van der Waals surface area contributed by atoms with Gasteiger partial charge in [-0.1, -0.05) is 19.1 Å². The first kappa shape index (κ1) is 23.9. The number of carbonyl (C=O) groups is 2. The highest BCUT2D eigenvalue weighted by atomic mass is 32.1. The molecule has 2 heterocycles. The number of benzene rings is 1. The van der Waals surface area contributed by atoms with Crippen LogP contribution in [0.25, 0.3) is 0 Å². The lowest BCUT2D eigenvalue weighted by Crippen LogP contribution is -2.33. The van der Waals surface area contributed by atoms with E-state index in [9.17, 15) is 14.7 Å². The van der Waals surface area contributed by atoms with E-state index in [4.69, 9.17) is 4.74 Å². The van der Waals surface area contributed by atoms with Crippen molar-refractivity contribution in [1.82, 2.24) is 14.8 Å². The Morgan fingerprint density at radius 2 is 2.06 bits per heavy atom. The quantitative estimate of drug-likeness (QED) is 0.542. The van der Waals surface area contributed by atoms with Crippen molar-refractivity contribution in [1.29, 1.82) is 0 Å². The fraction of sp³-hybridized carbons (Fsp3) is 0.458. The average molecular weight is 458 g/mol. The topological polar surface area (TPSA) is 83.0 Å². The Labute approximate surface area is 193 Å². The molecular formula is C24H31N3O4S. The molecule has 0 aliphatic carbocycles. The third-order valence-electron chi connectivity index (χ3n) is 5.31. The number of ether oxygens (including phenoxy) is 1. The number of hydrogen-bond acceptors (Lipinski definition) is 7. The van der Waals surface area contributed by atoms with Gasteiger partial charge in [0.25, 0.3) is 5.91 Å². The molecule has 0 bridgehead atoms. The van der Waals surface area contributed by atoms with Crippen LogP contribution in [0, 0.1) is 13.8 Å². The van der Waals surface area contributed by atoms with Crippen LogP contribution in [0.3, 0.4) is 0 Å². The summed E-state index contributed by atoms with van der Waals surface area (Å²) in [5.74, 6) is -0.668. The summed E-state index contributed by atoms with van der Waals surface area (Å²) < 4.78 is 5.78. The Morgan fingerprint density at radius 3 is 2.69 bits per heavy atom. The Balaban J connectivity index is 2.03. The standard InChI is InChI=1S/C24H31N3O4S/c1-6-13-31-18-10-7-9-17(14-18)20-19(21(28)23-15(2)25-16(3)32-23)22(29)24(30)27(20)12-8-11-26(4)5/h7,9-10,14,20,29H,6,8,11-13H2,1-5H3. The van der Waals surface area contributed by atoms with Crippen molar-refractivity contribution in [3.05, 3.63) is 56.7 Å². The fourth-order valence-electron chi connectivity index (χ4n) is 3.88. The Hall–Kier alpha value is -2.71. The van der Waals surface area contributed by atoms with Gasteiger partial charge in [0.1, 0.15) is 5.75 Å². The van der Waals surface area contributed by atoms with Gasteiger partial charge in [-0.2, -0.15) is 0 Å². The van der Waals surface area contributed by atoms with Crippen LogP contribution in [-0.2, 0) is 4.79 Å². The van der Waals surface area contributed by atoms with E-state index in [1.165, 1.54) is 11.3 Å².